The molecule has 0 aliphatic carbocycles. The number of hydrogen-bond acceptors (Lipinski definition) is 5. The molecule has 1 fully saturated rings. The second kappa shape index (κ2) is 8.71. The molecule has 0 amide bonds. The molecule has 2 heterocycles. The van der Waals surface area contributed by atoms with Crippen LogP contribution in [0, 0.1) is 6.92 Å². The van der Waals surface area contributed by atoms with Crippen LogP contribution in [0.5, 0.6) is 0 Å². The van der Waals surface area contributed by atoms with Crippen LogP contribution in [0.25, 0.3) is 0 Å². The zero-order valence-corrected chi connectivity index (χ0v) is 17.2. The highest BCUT2D eigenvalue weighted by Crippen LogP contribution is 2.21. The standard InChI is InChI=1S/C18H24ClN3O2S2/c1-15-3-8-18(25-15)26(23,24)20-9-2-10-21-11-13-22(14-12-21)17-6-4-16(19)5-7-17/h3-8,20H,2,9-14H2,1H3. The van der Waals surface area contributed by atoms with E-state index < -0.39 is 10.0 Å². The first-order chi connectivity index (χ1) is 12.4. The molecule has 3 rings (SSSR count). The first kappa shape index (κ1) is 19.6. The molecule has 8 heteroatoms. The van der Waals surface area contributed by atoms with Gasteiger partial charge in [-0.05, 0) is 56.3 Å². The van der Waals surface area contributed by atoms with Crippen LogP contribution in [0.1, 0.15) is 11.3 Å². The molecular weight excluding hydrogens is 390 g/mol. The number of nitrogens with one attached hydrogen (secondary N) is 1. The Balaban J connectivity index is 1.38. The fourth-order valence-electron chi connectivity index (χ4n) is 3.02. The molecule has 2 aromatic rings. The maximum absolute atomic E-state index is 12.2. The summed E-state index contributed by atoms with van der Waals surface area (Å²) < 4.78 is 27.5. The van der Waals surface area contributed by atoms with Gasteiger partial charge in [0.1, 0.15) is 4.21 Å². The van der Waals surface area contributed by atoms with Crippen molar-refractivity contribution >= 4 is 38.6 Å². The minimum absolute atomic E-state index is 0.395. The molecule has 1 saturated heterocycles. The normalized spacial score (nSPS) is 16.2. The summed E-state index contributed by atoms with van der Waals surface area (Å²) in [7, 11) is -3.36. The lowest BCUT2D eigenvalue weighted by Crippen LogP contribution is -2.47. The molecule has 0 spiro atoms. The van der Waals surface area contributed by atoms with E-state index in [1.165, 1.54) is 17.0 Å². The van der Waals surface area contributed by atoms with Crippen molar-refractivity contribution in [2.24, 2.45) is 0 Å². The summed E-state index contributed by atoms with van der Waals surface area (Å²) in [4.78, 5) is 5.74. The third kappa shape index (κ3) is 5.20. The van der Waals surface area contributed by atoms with Crippen LogP contribution in [0.2, 0.25) is 5.02 Å². The number of benzene rings is 1. The molecule has 0 radical (unpaired) electrons. The summed E-state index contributed by atoms with van der Waals surface area (Å²) in [6.45, 7) is 7.20. The second-order valence-electron chi connectivity index (χ2n) is 6.42. The topological polar surface area (TPSA) is 52.7 Å². The number of halogens is 1. The van der Waals surface area contributed by atoms with Crippen molar-refractivity contribution in [1.29, 1.82) is 0 Å². The molecular formula is C18H24ClN3O2S2. The summed E-state index contributed by atoms with van der Waals surface area (Å²) in [5.41, 5.74) is 1.20. The summed E-state index contributed by atoms with van der Waals surface area (Å²) in [5, 5.41) is 0.757. The summed E-state index contributed by atoms with van der Waals surface area (Å²) in [5.74, 6) is 0. The highest BCUT2D eigenvalue weighted by molar-refractivity contribution is 7.91. The quantitative estimate of drug-likeness (QED) is 0.708. The lowest BCUT2D eigenvalue weighted by Gasteiger charge is -2.36. The van der Waals surface area contributed by atoms with Gasteiger partial charge in [-0.2, -0.15) is 0 Å². The van der Waals surface area contributed by atoms with Crippen LogP contribution in [-0.4, -0.2) is 52.6 Å². The minimum Gasteiger partial charge on any atom is -0.369 e. The van der Waals surface area contributed by atoms with Gasteiger partial charge in [0.05, 0.1) is 0 Å². The number of sulfonamides is 1. The van der Waals surface area contributed by atoms with Crippen molar-refractivity contribution in [1.82, 2.24) is 9.62 Å². The minimum atomic E-state index is -3.36. The van der Waals surface area contributed by atoms with Gasteiger partial charge in [-0.1, -0.05) is 11.6 Å². The number of aryl methyl sites for hydroxylation is 1. The number of piperazine rings is 1. The van der Waals surface area contributed by atoms with Gasteiger partial charge < -0.3 is 4.90 Å². The highest BCUT2D eigenvalue weighted by Gasteiger charge is 2.18. The van der Waals surface area contributed by atoms with Gasteiger partial charge in [0.25, 0.3) is 0 Å². The molecule has 1 aliphatic heterocycles. The zero-order valence-electron chi connectivity index (χ0n) is 14.8. The molecule has 0 atom stereocenters. The maximum Gasteiger partial charge on any atom is 0.250 e. The average molecular weight is 414 g/mol. The molecule has 142 valence electrons. The Hall–Kier alpha value is -1.12. The van der Waals surface area contributed by atoms with E-state index in [0.29, 0.717) is 10.8 Å². The van der Waals surface area contributed by atoms with Gasteiger partial charge in [0, 0.05) is 48.3 Å². The maximum atomic E-state index is 12.2. The summed E-state index contributed by atoms with van der Waals surface area (Å²) >= 11 is 7.25. The van der Waals surface area contributed by atoms with Crippen molar-refractivity contribution in [2.45, 2.75) is 17.6 Å². The van der Waals surface area contributed by atoms with Crippen molar-refractivity contribution < 1.29 is 8.42 Å². The van der Waals surface area contributed by atoms with Crippen molar-refractivity contribution in [3.63, 3.8) is 0 Å². The van der Waals surface area contributed by atoms with E-state index in [1.807, 2.05) is 25.1 Å². The molecule has 0 saturated carbocycles. The number of rotatable bonds is 7. The Morgan fingerprint density at radius 1 is 1.08 bits per heavy atom. The van der Waals surface area contributed by atoms with E-state index in [1.54, 1.807) is 6.07 Å². The van der Waals surface area contributed by atoms with Crippen LogP contribution in [0.4, 0.5) is 5.69 Å². The van der Waals surface area contributed by atoms with E-state index in [2.05, 4.69) is 26.7 Å². The van der Waals surface area contributed by atoms with Crippen molar-refractivity contribution in [2.75, 3.05) is 44.2 Å². The smallest absolute Gasteiger partial charge is 0.250 e. The number of thiophene rings is 1. The zero-order chi connectivity index (χ0) is 18.6. The van der Waals surface area contributed by atoms with Crippen molar-refractivity contribution in [3.05, 3.63) is 46.3 Å². The molecule has 26 heavy (non-hydrogen) atoms. The predicted octanol–water partition coefficient (Wildman–Crippen LogP) is 3.20. The third-order valence-electron chi connectivity index (χ3n) is 4.49. The second-order valence-corrected chi connectivity index (χ2v) is 10.1. The third-order valence-corrected chi connectivity index (χ3v) is 7.69. The Kier molecular flexibility index (Phi) is 6.58. The van der Waals surface area contributed by atoms with Crippen LogP contribution < -0.4 is 9.62 Å². The molecule has 5 nitrogen and oxygen atoms in total. The number of nitrogens with zero attached hydrogens (tertiary/aromatic N) is 2. The van der Waals surface area contributed by atoms with Crippen molar-refractivity contribution in [3.8, 4) is 0 Å². The van der Waals surface area contributed by atoms with Gasteiger partial charge >= 0.3 is 0 Å². The summed E-state index contributed by atoms with van der Waals surface area (Å²) in [6, 6.07) is 11.4. The number of anilines is 1. The molecule has 1 aromatic heterocycles. The van der Waals surface area contributed by atoms with Gasteiger partial charge in [0.2, 0.25) is 10.0 Å². The van der Waals surface area contributed by atoms with Gasteiger partial charge in [-0.3, -0.25) is 4.90 Å². The van der Waals surface area contributed by atoms with Gasteiger partial charge in [0.15, 0.2) is 0 Å². The average Bonchev–Trinajstić information content (AvgIpc) is 3.07. The molecule has 0 bridgehead atoms. The van der Waals surface area contributed by atoms with Crippen LogP contribution in [-0.2, 0) is 10.0 Å². The Labute approximate surface area is 164 Å². The Morgan fingerprint density at radius 3 is 2.38 bits per heavy atom. The van der Waals surface area contributed by atoms with E-state index in [9.17, 15) is 8.42 Å². The monoisotopic (exact) mass is 413 g/mol. The van der Waals surface area contributed by atoms with Gasteiger partial charge in [-0.15, -0.1) is 11.3 Å². The lowest BCUT2D eigenvalue weighted by molar-refractivity contribution is 0.255. The SMILES string of the molecule is Cc1ccc(S(=O)(=O)NCCCN2CCN(c3ccc(Cl)cc3)CC2)s1. The molecule has 0 unspecified atom stereocenters. The first-order valence-electron chi connectivity index (χ1n) is 8.73. The van der Waals surface area contributed by atoms with Crippen LogP contribution in [0.3, 0.4) is 0 Å². The highest BCUT2D eigenvalue weighted by atomic mass is 35.5. The first-order valence-corrected chi connectivity index (χ1v) is 11.4. The van der Waals surface area contributed by atoms with E-state index >= 15 is 0 Å². The molecule has 1 aliphatic rings. The molecule has 1 N–H and O–H groups in total. The van der Waals surface area contributed by atoms with E-state index in [0.717, 1.165) is 49.0 Å². The Bertz CT molecular complexity index is 813. The number of hydrogen-bond donors (Lipinski definition) is 1. The Morgan fingerprint density at radius 2 is 1.77 bits per heavy atom. The van der Waals surface area contributed by atoms with Crippen LogP contribution >= 0.6 is 22.9 Å². The summed E-state index contributed by atoms with van der Waals surface area (Å²) in [6.07, 6.45) is 0.810. The predicted molar refractivity (Wildman–Crippen MR) is 109 cm³/mol. The van der Waals surface area contributed by atoms with Gasteiger partial charge in [-0.25, -0.2) is 13.1 Å². The fourth-order valence-corrected chi connectivity index (χ4v) is 5.55. The van der Waals surface area contributed by atoms with E-state index in [-0.39, 0.29) is 0 Å². The fraction of sp³-hybridized carbons (Fsp3) is 0.444. The van der Waals surface area contributed by atoms with Crippen LogP contribution in [0.15, 0.2) is 40.6 Å². The van der Waals surface area contributed by atoms with E-state index in [4.69, 9.17) is 11.6 Å². The largest absolute Gasteiger partial charge is 0.369 e. The molecule has 1 aromatic carbocycles. The lowest BCUT2D eigenvalue weighted by atomic mass is 10.2.